The Kier molecular flexibility index (Phi) is 9.08. The standard InChI is InChI=1S/C33H34N4O5/c1-4-5-13-30-29(32(38)37(22(2)34-30)25-9-8-10-26(21-25)41-19-18-40-3)20-23-14-16-24(17-15-23)27-11-6-7-12-28(27)31-35-33(39)42-36-31/h6-12,14-17,21H,4-5,13,18-20H2,1-3H3,(H,35,36,39). The van der Waals surface area contributed by atoms with Crippen LogP contribution in [0.4, 0.5) is 0 Å². The minimum Gasteiger partial charge on any atom is -0.491 e. The number of hydrogen-bond acceptors (Lipinski definition) is 7. The molecule has 42 heavy (non-hydrogen) atoms. The second-order valence-electron chi connectivity index (χ2n) is 10.0. The summed E-state index contributed by atoms with van der Waals surface area (Å²) >= 11 is 0. The molecule has 0 saturated heterocycles. The van der Waals surface area contributed by atoms with Gasteiger partial charge in [-0.15, -0.1) is 0 Å². The number of aryl methyl sites for hydroxylation is 2. The van der Waals surface area contributed by atoms with Gasteiger partial charge in [0.25, 0.3) is 5.56 Å². The van der Waals surface area contributed by atoms with Crippen LogP contribution in [0.5, 0.6) is 5.75 Å². The zero-order valence-electron chi connectivity index (χ0n) is 24.1. The number of aromatic nitrogens is 4. The van der Waals surface area contributed by atoms with Gasteiger partial charge in [-0.05, 0) is 48.6 Å². The lowest BCUT2D eigenvalue weighted by molar-refractivity contribution is 0.146. The van der Waals surface area contributed by atoms with Gasteiger partial charge in [-0.1, -0.05) is 73.1 Å². The van der Waals surface area contributed by atoms with Crippen LogP contribution < -0.4 is 16.1 Å². The van der Waals surface area contributed by atoms with E-state index >= 15 is 0 Å². The van der Waals surface area contributed by atoms with Crippen LogP contribution in [0.15, 0.2) is 86.9 Å². The van der Waals surface area contributed by atoms with Crippen molar-refractivity contribution in [2.45, 2.75) is 39.5 Å². The number of hydrogen-bond donors (Lipinski definition) is 1. The molecule has 0 aliphatic rings. The Balaban J connectivity index is 1.49. The molecule has 9 heteroatoms. The molecule has 0 amide bonds. The molecule has 0 atom stereocenters. The minimum absolute atomic E-state index is 0.0768. The first kappa shape index (κ1) is 28.8. The second-order valence-corrected chi connectivity index (χ2v) is 10.0. The average Bonchev–Trinajstić information content (AvgIpc) is 3.44. The smallest absolute Gasteiger partial charge is 0.439 e. The molecule has 2 heterocycles. The lowest BCUT2D eigenvalue weighted by atomic mass is 9.96. The van der Waals surface area contributed by atoms with E-state index in [0.29, 0.717) is 48.3 Å². The molecule has 5 rings (SSSR count). The number of rotatable bonds is 12. The van der Waals surface area contributed by atoms with Crippen molar-refractivity contribution in [1.82, 2.24) is 19.7 Å². The molecule has 0 radical (unpaired) electrons. The summed E-state index contributed by atoms with van der Waals surface area (Å²) in [5.41, 5.74) is 5.78. The summed E-state index contributed by atoms with van der Waals surface area (Å²) in [7, 11) is 1.63. The highest BCUT2D eigenvalue weighted by molar-refractivity contribution is 5.80. The van der Waals surface area contributed by atoms with Crippen LogP contribution in [0, 0.1) is 6.92 Å². The third kappa shape index (κ3) is 6.42. The molecular formula is C33H34N4O5. The van der Waals surface area contributed by atoms with Crippen molar-refractivity contribution in [3.63, 3.8) is 0 Å². The molecule has 1 N–H and O–H groups in total. The summed E-state index contributed by atoms with van der Waals surface area (Å²) in [6.07, 6.45) is 3.15. The molecule has 216 valence electrons. The normalized spacial score (nSPS) is 11.1. The fraction of sp³-hybridized carbons (Fsp3) is 0.273. The Bertz CT molecular complexity index is 1770. The maximum Gasteiger partial charge on any atom is 0.439 e. The third-order valence-corrected chi connectivity index (χ3v) is 7.10. The van der Waals surface area contributed by atoms with E-state index < -0.39 is 5.76 Å². The molecule has 0 bridgehead atoms. The summed E-state index contributed by atoms with van der Waals surface area (Å²) in [5, 5.41) is 3.85. The van der Waals surface area contributed by atoms with E-state index in [-0.39, 0.29) is 5.56 Å². The predicted octanol–water partition coefficient (Wildman–Crippen LogP) is 5.51. The first-order valence-corrected chi connectivity index (χ1v) is 14.1. The molecule has 0 unspecified atom stereocenters. The van der Waals surface area contributed by atoms with Gasteiger partial charge in [0.05, 0.1) is 18.0 Å². The first-order valence-electron chi connectivity index (χ1n) is 14.1. The maximum atomic E-state index is 14.1. The molecule has 9 nitrogen and oxygen atoms in total. The number of methoxy groups -OCH3 is 1. The van der Waals surface area contributed by atoms with Gasteiger partial charge < -0.3 is 9.47 Å². The maximum absolute atomic E-state index is 14.1. The van der Waals surface area contributed by atoms with Crippen LogP contribution in [-0.2, 0) is 17.6 Å². The van der Waals surface area contributed by atoms with Gasteiger partial charge in [0, 0.05) is 30.7 Å². The van der Waals surface area contributed by atoms with E-state index in [1.807, 2.05) is 79.7 Å². The number of nitrogens with zero attached hydrogens (tertiary/aromatic N) is 3. The Morgan fingerprint density at radius 1 is 0.952 bits per heavy atom. The van der Waals surface area contributed by atoms with Crippen LogP contribution >= 0.6 is 0 Å². The molecule has 2 aromatic heterocycles. The fourth-order valence-electron chi connectivity index (χ4n) is 5.00. The van der Waals surface area contributed by atoms with Crippen LogP contribution in [-0.4, -0.2) is 40.0 Å². The van der Waals surface area contributed by atoms with Crippen molar-refractivity contribution in [1.29, 1.82) is 0 Å². The van der Waals surface area contributed by atoms with Crippen molar-refractivity contribution < 1.29 is 14.0 Å². The summed E-state index contributed by atoms with van der Waals surface area (Å²) in [6.45, 7) is 4.90. The Morgan fingerprint density at radius 3 is 2.45 bits per heavy atom. The van der Waals surface area contributed by atoms with Crippen LogP contribution in [0.3, 0.4) is 0 Å². The third-order valence-electron chi connectivity index (χ3n) is 7.10. The predicted molar refractivity (Wildman–Crippen MR) is 161 cm³/mol. The van der Waals surface area contributed by atoms with Crippen molar-refractivity contribution in [3.8, 4) is 34.0 Å². The van der Waals surface area contributed by atoms with E-state index in [2.05, 4.69) is 17.1 Å². The molecule has 0 spiro atoms. The van der Waals surface area contributed by atoms with Crippen molar-refractivity contribution >= 4 is 0 Å². The van der Waals surface area contributed by atoms with Gasteiger partial charge in [-0.3, -0.25) is 18.9 Å². The highest BCUT2D eigenvalue weighted by Gasteiger charge is 2.17. The van der Waals surface area contributed by atoms with E-state index in [9.17, 15) is 9.59 Å². The van der Waals surface area contributed by atoms with Gasteiger partial charge in [0.15, 0.2) is 5.82 Å². The van der Waals surface area contributed by atoms with Gasteiger partial charge in [0.2, 0.25) is 0 Å². The topological polar surface area (TPSA) is 112 Å². The quantitative estimate of drug-likeness (QED) is 0.198. The average molecular weight is 567 g/mol. The van der Waals surface area contributed by atoms with Crippen molar-refractivity contribution in [3.05, 3.63) is 116 Å². The van der Waals surface area contributed by atoms with Gasteiger partial charge in [-0.25, -0.2) is 9.78 Å². The molecule has 0 aliphatic heterocycles. The number of unbranched alkanes of at least 4 members (excludes halogenated alkanes) is 1. The Labute approximate surface area is 243 Å². The number of ether oxygens (including phenoxy) is 2. The zero-order chi connectivity index (χ0) is 29.5. The minimum atomic E-state index is -0.600. The van der Waals surface area contributed by atoms with E-state index in [4.69, 9.17) is 19.0 Å². The largest absolute Gasteiger partial charge is 0.491 e. The van der Waals surface area contributed by atoms with Crippen LogP contribution in [0.1, 0.15) is 42.4 Å². The zero-order valence-corrected chi connectivity index (χ0v) is 24.1. The van der Waals surface area contributed by atoms with Gasteiger partial charge in [-0.2, -0.15) is 0 Å². The molecule has 3 aromatic carbocycles. The summed E-state index contributed by atoms with van der Waals surface area (Å²) in [5.74, 6) is 1.08. The summed E-state index contributed by atoms with van der Waals surface area (Å²) in [4.78, 5) is 33.1. The fourth-order valence-corrected chi connectivity index (χ4v) is 5.00. The first-order chi connectivity index (χ1) is 20.5. The van der Waals surface area contributed by atoms with E-state index in [1.54, 1.807) is 11.7 Å². The SMILES string of the molecule is CCCCc1nc(C)n(-c2cccc(OCCOC)c2)c(=O)c1Cc1ccc(-c2ccccc2-c2noc(=O)[nH]2)cc1. The number of nitrogens with one attached hydrogen (secondary N) is 1. The highest BCUT2D eigenvalue weighted by Crippen LogP contribution is 2.30. The van der Waals surface area contributed by atoms with Gasteiger partial charge in [0.1, 0.15) is 18.2 Å². The molecule has 0 aliphatic carbocycles. The number of H-pyrrole nitrogens is 1. The monoisotopic (exact) mass is 566 g/mol. The number of benzene rings is 3. The van der Waals surface area contributed by atoms with E-state index in [1.165, 1.54) is 0 Å². The Hall–Kier alpha value is -4.76. The lowest BCUT2D eigenvalue weighted by Crippen LogP contribution is -2.28. The molecule has 0 fully saturated rings. The summed E-state index contributed by atoms with van der Waals surface area (Å²) in [6, 6.07) is 23.2. The second kappa shape index (κ2) is 13.3. The van der Waals surface area contributed by atoms with E-state index in [0.717, 1.165) is 47.2 Å². The molecular weight excluding hydrogens is 532 g/mol. The van der Waals surface area contributed by atoms with Gasteiger partial charge >= 0.3 is 5.76 Å². The van der Waals surface area contributed by atoms with Crippen molar-refractivity contribution in [2.75, 3.05) is 20.3 Å². The Morgan fingerprint density at radius 2 is 1.74 bits per heavy atom. The molecule has 0 saturated carbocycles. The molecule has 5 aromatic rings. The van der Waals surface area contributed by atoms with Crippen LogP contribution in [0.25, 0.3) is 28.2 Å². The number of aromatic amines is 1. The van der Waals surface area contributed by atoms with Crippen LogP contribution in [0.2, 0.25) is 0 Å². The summed E-state index contributed by atoms with van der Waals surface area (Å²) < 4.78 is 17.3. The van der Waals surface area contributed by atoms with Crippen molar-refractivity contribution in [2.24, 2.45) is 0 Å². The highest BCUT2D eigenvalue weighted by atomic mass is 16.5. The lowest BCUT2D eigenvalue weighted by Gasteiger charge is -2.16.